The van der Waals surface area contributed by atoms with Crippen LogP contribution in [-0.2, 0) is 6.54 Å². The molecule has 0 spiro atoms. The van der Waals surface area contributed by atoms with Gasteiger partial charge in [0.1, 0.15) is 11.6 Å². The van der Waals surface area contributed by atoms with E-state index < -0.39 is 0 Å². The Morgan fingerprint density at radius 3 is 2.62 bits per heavy atom. The van der Waals surface area contributed by atoms with Crippen LogP contribution in [0.15, 0.2) is 48.5 Å². The van der Waals surface area contributed by atoms with E-state index in [0.29, 0.717) is 0 Å². The van der Waals surface area contributed by atoms with Crippen molar-refractivity contribution in [3.05, 3.63) is 59.9 Å². The van der Waals surface area contributed by atoms with E-state index in [1.54, 1.807) is 19.2 Å². The van der Waals surface area contributed by atoms with Gasteiger partial charge in [0.05, 0.1) is 7.11 Å². The standard InChI is InChI=1S/C17H21FN2O/c1-20(13-14-4-3-5-17(12-14)21-2)11-10-19-16-8-6-15(18)7-9-16/h3-9,12,19H,10-11,13H2,1-2H3. The van der Waals surface area contributed by atoms with E-state index in [0.717, 1.165) is 31.1 Å². The van der Waals surface area contributed by atoms with Crippen LogP contribution >= 0.6 is 0 Å². The number of ether oxygens (including phenoxy) is 1. The zero-order chi connectivity index (χ0) is 15.1. The number of hydrogen-bond acceptors (Lipinski definition) is 3. The first-order valence-corrected chi connectivity index (χ1v) is 6.98. The summed E-state index contributed by atoms with van der Waals surface area (Å²) < 4.78 is 18.0. The number of nitrogens with one attached hydrogen (secondary N) is 1. The molecule has 1 N–H and O–H groups in total. The summed E-state index contributed by atoms with van der Waals surface area (Å²) in [5.74, 6) is 0.668. The minimum absolute atomic E-state index is 0.212. The Morgan fingerprint density at radius 2 is 1.90 bits per heavy atom. The molecule has 0 radical (unpaired) electrons. The summed E-state index contributed by atoms with van der Waals surface area (Å²) in [5, 5.41) is 3.28. The summed E-state index contributed by atoms with van der Waals surface area (Å²) in [6.45, 7) is 2.57. The molecule has 0 atom stereocenters. The molecule has 0 fully saturated rings. The molecule has 2 rings (SSSR count). The molecular weight excluding hydrogens is 267 g/mol. The van der Waals surface area contributed by atoms with Crippen molar-refractivity contribution in [1.82, 2.24) is 4.90 Å². The molecule has 0 aliphatic carbocycles. The molecule has 0 bridgehead atoms. The molecule has 112 valence electrons. The maximum atomic E-state index is 12.8. The Hall–Kier alpha value is -2.07. The van der Waals surface area contributed by atoms with Gasteiger partial charge >= 0.3 is 0 Å². The highest BCUT2D eigenvalue weighted by Gasteiger charge is 2.02. The topological polar surface area (TPSA) is 24.5 Å². The molecule has 0 aromatic heterocycles. The lowest BCUT2D eigenvalue weighted by atomic mass is 10.2. The molecule has 0 amide bonds. The van der Waals surface area contributed by atoms with E-state index in [4.69, 9.17) is 4.74 Å². The van der Waals surface area contributed by atoms with Gasteiger partial charge in [-0.15, -0.1) is 0 Å². The molecule has 3 nitrogen and oxygen atoms in total. The molecular formula is C17H21FN2O. The Balaban J connectivity index is 1.76. The fourth-order valence-electron chi connectivity index (χ4n) is 2.12. The largest absolute Gasteiger partial charge is 0.497 e. The second kappa shape index (κ2) is 7.64. The summed E-state index contributed by atoms with van der Waals surface area (Å²) in [6.07, 6.45) is 0. The van der Waals surface area contributed by atoms with Crippen LogP contribution in [0.25, 0.3) is 0 Å². The zero-order valence-electron chi connectivity index (χ0n) is 12.5. The predicted molar refractivity (Wildman–Crippen MR) is 84.2 cm³/mol. The van der Waals surface area contributed by atoms with Crippen molar-refractivity contribution in [2.75, 3.05) is 32.6 Å². The van der Waals surface area contributed by atoms with Crippen molar-refractivity contribution in [2.45, 2.75) is 6.54 Å². The van der Waals surface area contributed by atoms with Crippen LogP contribution in [0, 0.1) is 5.82 Å². The zero-order valence-corrected chi connectivity index (χ0v) is 12.5. The lowest BCUT2D eigenvalue weighted by Gasteiger charge is -2.17. The number of benzene rings is 2. The van der Waals surface area contributed by atoms with Crippen molar-refractivity contribution >= 4 is 5.69 Å². The van der Waals surface area contributed by atoms with E-state index in [2.05, 4.69) is 23.3 Å². The van der Waals surface area contributed by atoms with Gasteiger partial charge in [0.2, 0.25) is 0 Å². The quantitative estimate of drug-likeness (QED) is 0.845. The monoisotopic (exact) mass is 288 g/mol. The van der Waals surface area contributed by atoms with Crippen molar-refractivity contribution in [3.63, 3.8) is 0 Å². The van der Waals surface area contributed by atoms with Crippen LogP contribution in [0.5, 0.6) is 5.75 Å². The summed E-state index contributed by atoms with van der Waals surface area (Å²) in [5.41, 5.74) is 2.16. The first-order chi connectivity index (χ1) is 10.2. The third-order valence-electron chi connectivity index (χ3n) is 3.25. The normalized spacial score (nSPS) is 10.7. The summed E-state index contributed by atoms with van der Waals surface area (Å²) in [6, 6.07) is 14.5. The fourth-order valence-corrected chi connectivity index (χ4v) is 2.12. The average Bonchev–Trinajstić information content (AvgIpc) is 2.49. The first-order valence-electron chi connectivity index (χ1n) is 6.98. The molecule has 0 saturated carbocycles. The van der Waals surface area contributed by atoms with Gasteiger partial charge in [0, 0.05) is 25.3 Å². The molecule has 21 heavy (non-hydrogen) atoms. The number of anilines is 1. The average molecular weight is 288 g/mol. The summed E-state index contributed by atoms with van der Waals surface area (Å²) >= 11 is 0. The van der Waals surface area contributed by atoms with Gasteiger partial charge < -0.3 is 15.0 Å². The molecule has 0 aliphatic rings. The van der Waals surface area contributed by atoms with Crippen molar-refractivity contribution < 1.29 is 9.13 Å². The van der Waals surface area contributed by atoms with Crippen LogP contribution in [0.2, 0.25) is 0 Å². The number of halogens is 1. The fraction of sp³-hybridized carbons (Fsp3) is 0.294. The lowest BCUT2D eigenvalue weighted by molar-refractivity contribution is 0.338. The highest BCUT2D eigenvalue weighted by molar-refractivity contribution is 5.42. The number of likely N-dealkylation sites (N-methyl/N-ethyl adjacent to an activating group) is 1. The van der Waals surface area contributed by atoms with Crippen LogP contribution < -0.4 is 10.1 Å². The lowest BCUT2D eigenvalue weighted by Crippen LogP contribution is -2.24. The Morgan fingerprint density at radius 1 is 1.14 bits per heavy atom. The molecule has 0 heterocycles. The predicted octanol–water partition coefficient (Wildman–Crippen LogP) is 3.38. The highest BCUT2D eigenvalue weighted by atomic mass is 19.1. The first kappa shape index (κ1) is 15.3. The van der Waals surface area contributed by atoms with Gasteiger partial charge in [-0.3, -0.25) is 0 Å². The molecule has 0 unspecified atom stereocenters. The number of nitrogens with zero attached hydrogens (tertiary/aromatic N) is 1. The number of rotatable bonds is 7. The molecule has 4 heteroatoms. The minimum atomic E-state index is -0.212. The van der Waals surface area contributed by atoms with E-state index in [9.17, 15) is 4.39 Å². The third-order valence-corrected chi connectivity index (χ3v) is 3.25. The van der Waals surface area contributed by atoms with Gasteiger partial charge in [-0.05, 0) is 49.0 Å². The smallest absolute Gasteiger partial charge is 0.123 e. The van der Waals surface area contributed by atoms with Crippen LogP contribution in [0.4, 0.5) is 10.1 Å². The SMILES string of the molecule is COc1cccc(CN(C)CCNc2ccc(F)cc2)c1. The van der Waals surface area contributed by atoms with Gasteiger partial charge in [0.15, 0.2) is 0 Å². The summed E-state index contributed by atoms with van der Waals surface area (Å²) in [7, 11) is 3.75. The van der Waals surface area contributed by atoms with Crippen LogP contribution in [-0.4, -0.2) is 32.1 Å². The van der Waals surface area contributed by atoms with Crippen LogP contribution in [0.1, 0.15) is 5.56 Å². The van der Waals surface area contributed by atoms with Gasteiger partial charge in [0.25, 0.3) is 0 Å². The number of methoxy groups -OCH3 is 1. The Labute approximate surface area is 125 Å². The maximum absolute atomic E-state index is 12.8. The van der Waals surface area contributed by atoms with E-state index in [-0.39, 0.29) is 5.82 Å². The van der Waals surface area contributed by atoms with Gasteiger partial charge in [-0.1, -0.05) is 12.1 Å². The molecule has 2 aromatic rings. The second-order valence-electron chi connectivity index (χ2n) is 5.02. The summed E-state index contributed by atoms with van der Waals surface area (Å²) in [4.78, 5) is 2.23. The second-order valence-corrected chi connectivity index (χ2v) is 5.02. The highest BCUT2D eigenvalue weighted by Crippen LogP contribution is 2.14. The third kappa shape index (κ3) is 5.08. The molecule has 0 aliphatic heterocycles. The van der Waals surface area contributed by atoms with E-state index in [1.807, 2.05) is 18.2 Å². The van der Waals surface area contributed by atoms with Crippen molar-refractivity contribution in [2.24, 2.45) is 0 Å². The Bertz CT molecular complexity index is 557. The van der Waals surface area contributed by atoms with Gasteiger partial charge in [-0.25, -0.2) is 4.39 Å². The minimum Gasteiger partial charge on any atom is -0.497 e. The molecule has 0 saturated heterocycles. The number of hydrogen-bond donors (Lipinski definition) is 1. The Kier molecular flexibility index (Phi) is 5.58. The molecule has 2 aromatic carbocycles. The van der Waals surface area contributed by atoms with E-state index in [1.165, 1.54) is 17.7 Å². The van der Waals surface area contributed by atoms with Crippen molar-refractivity contribution in [1.29, 1.82) is 0 Å². The maximum Gasteiger partial charge on any atom is 0.123 e. The van der Waals surface area contributed by atoms with Crippen molar-refractivity contribution in [3.8, 4) is 5.75 Å². The van der Waals surface area contributed by atoms with E-state index >= 15 is 0 Å². The van der Waals surface area contributed by atoms with Crippen LogP contribution in [0.3, 0.4) is 0 Å². The van der Waals surface area contributed by atoms with Gasteiger partial charge in [-0.2, -0.15) is 0 Å².